The van der Waals surface area contributed by atoms with E-state index in [0.717, 1.165) is 12.8 Å². The Morgan fingerprint density at radius 2 is 2.50 bits per heavy atom. The summed E-state index contributed by atoms with van der Waals surface area (Å²) in [6, 6.07) is 0. The average molecular weight is 332 g/mol. The summed E-state index contributed by atoms with van der Waals surface area (Å²) >= 11 is 13.6. The molecule has 0 saturated carbocycles. The lowest BCUT2D eigenvalue weighted by Gasteiger charge is -2.21. The molecule has 12 heavy (non-hydrogen) atoms. The van der Waals surface area contributed by atoms with Gasteiger partial charge < -0.3 is 0 Å². The highest BCUT2D eigenvalue weighted by Gasteiger charge is 2.27. The molecule has 0 aliphatic carbocycles. The highest BCUT2D eigenvalue weighted by atomic mass is 79.9. The van der Waals surface area contributed by atoms with E-state index in [4.69, 9.17) is 0 Å². The Hall–Kier alpha value is 1.40. The van der Waals surface area contributed by atoms with Gasteiger partial charge in [0, 0.05) is 19.1 Å². The molecule has 0 nitrogen and oxygen atoms in total. The molecule has 1 aliphatic heterocycles. The van der Waals surface area contributed by atoms with Crippen LogP contribution in [0.4, 0.5) is 0 Å². The number of alkyl halides is 1. The predicted octanol–water partition coefficient (Wildman–Crippen LogP) is 4.20. The van der Waals surface area contributed by atoms with Crippen molar-refractivity contribution in [3.05, 3.63) is 9.89 Å². The van der Waals surface area contributed by atoms with Crippen molar-refractivity contribution in [3.63, 3.8) is 0 Å². The van der Waals surface area contributed by atoms with Gasteiger partial charge in [0.2, 0.25) is 0 Å². The van der Waals surface area contributed by atoms with Gasteiger partial charge in [0.05, 0.1) is 0 Å². The van der Waals surface area contributed by atoms with Crippen molar-refractivity contribution in [2.24, 2.45) is 0 Å². The summed E-state index contributed by atoms with van der Waals surface area (Å²) in [6.07, 6.45) is 4.51. The number of allylic oxidation sites excluding steroid dienone is 1. The minimum absolute atomic E-state index is 0.450. The van der Waals surface area contributed by atoms with Crippen LogP contribution in [0.25, 0.3) is 0 Å². The Bertz CT molecular complexity index is 182. The van der Waals surface area contributed by atoms with Crippen LogP contribution in [0.1, 0.15) is 19.8 Å². The molecule has 0 radical (unpaired) electrons. The molecule has 1 rings (SSSR count). The Morgan fingerprint density at radius 3 is 2.92 bits per heavy atom. The molecule has 3 unspecified atom stereocenters. The quantitative estimate of drug-likeness (QED) is 0.597. The van der Waals surface area contributed by atoms with Gasteiger partial charge in [-0.25, -0.2) is 0 Å². The SMILES string of the molecule is CCC(Br)C(S)C1CC=C(Br)S1. The maximum absolute atomic E-state index is 4.62. The summed E-state index contributed by atoms with van der Waals surface area (Å²) in [5.41, 5.74) is 0. The molecule has 1 heterocycles. The van der Waals surface area contributed by atoms with E-state index in [2.05, 4.69) is 57.5 Å². The van der Waals surface area contributed by atoms with E-state index in [1.807, 2.05) is 11.8 Å². The van der Waals surface area contributed by atoms with Crippen molar-refractivity contribution in [1.82, 2.24) is 0 Å². The summed E-state index contributed by atoms with van der Waals surface area (Å²) in [7, 11) is 0. The molecule has 0 fully saturated rings. The van der Waals surface area contributed by atoms with Crippen LogP contribution in [-0.4, -0.2) is 15.3 Å². The minimum Gasteiger partial charge on any atom is -0.174 e. The summed E-state index contributed by atoms with van der Waals surface area (Å²) in [6.45, 7) is 2.19. The largest absolute Gasteiger partial charge is 0.174 e. The maximum Gasteiger partial charge on any atom is 0.0466 e. The van der Waals surface area contributed by atoms with E-state index in [1.165, 1.54) is 3.81 Å². The van der Waals surface area contributed by atoms with Crippen molar-refractivity contribution < 1.29 is 0 Å². The van der Waals surface area contributed by atoms with Gasteiger partial charge in [-0.1, -0.05) is 28.9 Å². The number of rotatable bonds is 3. The van der Waals surface area contributed by atoms with Crippen molar-refractivity contribution in [2.45, 2.75) is 35.1 Å². The third-order valence-electron chi connectivity index (χ3n) is 1.92. The van der Waals surface area contributed by atoms with Crippen molar-refractivity contribution in [1.29, 1.82) is 0 Å². The Balaban J connectivity index is 2.40. The van der Waals surface area contributed by atoms with Gasteiger partial charge in [0.15, 0.2) is 0 Å². The number of thiol groups is 1. The normalized spacial score (nSPS) is 28.3. The second-order valence-corrected chi connectivity index (χ2v) is 7.25. The smallest absolute Gasteiger partial charge is 0.0466 e. The standard InChI is InChI=1S/C8H12Br2S2/c1-2-5(9)8(11)6-3-4-7(10)12-6/h4-6,8,11H,2-3H2,1H3. The van der Waals surface area contributed by atoms with E-state index in [9.17, 15) is 0 Å². The van der Waals surface area contributed by atoms with Gasteiger partial charge in [0.1, 0.15) is 0 Å². The minimum atomic E-state index is 0.450. The monoisotopic (exact) mass is 330 g/mol. The number of halogens is 2. The molecule has 4 heteroatoms. The van der Waals surface area contributed by atoms with Crippen molar-refractivity contribution in [2.75, 3.05) is 0 Å². The summed E-state index contributed by atoms with van der Waals surface area (Å²) in [5, 5.41) is 1.08. The fourth-order valence-electron chi connectivity index (χ4n) is 1.13. The topological polar surface area (TPSA) is 0 Å². The fraction of sp³-hybridized carbons (Fsp3) is 0.750. The van der Waals surface area contributed by atoms with Gasteiger partial charge in [0.25, 0.3) is 0 Å². The number of hydrogen-bond acceptors (Lipinski definition) is 2. The number of hydrogen-bond donors (Lipinski definition) is 1. The van der Waals surface area contributed by atoms with E-state index < -0.39 is 0 Å². The molecule has 0 bridgehead atoms. The zero-order chi connectivity index (χ0) is 9.14. The Labute approximate surface area is 101 Å². The maximum atomic E-state index is 4.62. The first-order chi connectivity index (χ1) is 5.65. The van der Waals surface area contributed by atoms with E-state index >= 15 is 0 Å². The van der Waals surface area contributed by atoms with Crippen LogP contribution in [-0.2, 0) is 0 Å². The third-order valence-corrected chi connectivity index (χ3v) is 6.53. The molecular weight excluding hydrogens is 320 g/mol. The summed E-state index contributed by atoms with van der Waals surface area (Å²) in [5.74, 6) is 0. The van der Waals surface area contributed by atoms with Gasteiger partial charge in [-0.2, -0.15) is 12.6 Å². The first kappa shape index (κ1) is 11.5. The second-order valence-electron chi connectivity index (χ2n) is 2.82. The zero-order valence-corrected chi connectivity index (χ0v) is 11.7. The average Bonchev–Trinajstić information content (AvgIpc) is 2.49. The van der Waals surface area contributed by atoms with Crippen LogP contribution >= 0.6 is 56.3 Å². The van der Waals surface area contributed by atoms with Crippen LogP contribution in [0.2, 0.25) is 0 Å². The Kier molecular flexibility index (Phi) is 5.09. The van der Waals surface area contributed by atoms with Crippen LogP contribution in [0.5, 0.6) is 0 Å². The van der Waals surface area contributed by atoms with Crippen molar-refractivity contribution in [3.8, 4) is 0 Å². The van der Waals surface area contributed by atoms with Crippen molar-refractivity contribution >= 4 is 56.3 Å². The zero-order valence-electron chi connectivity index (χ0n) is 6.84. The van der Waals surface area contributed by atoms with Gasteiger partial charge in [-0.05, 0) is 28.8 Å². The molecule has 0 spiro atoms. The summed E-state index contributed by atoms with van der Waals surface area (Å²) in [4.78, 5) is 0.533. The molecule has 3 atom stereocenters. The molecule has 0 aromatic rings. The molecule has 0 aromatic heterocycles. The molecule has 0 aromatic carbocycles. The van der Waals surface area contributed by atoms with E-state index in [0.29, 0.717) is 15.3 Å². The Morgan fingerprint density at radius 1 is 1.83 bits per heavy atom. The van der Waals surface area contributed by atoms with Crippen LogP contribution in [0, 0.1) is 0 Å². The highest BCUT2D eigenvalue weighted by Crippen LogP contribution is 2.41. The van der Waals surface area contributed by atoms with Crippen LogP contribution < -0.4 is 0 Å². The van der Waals surface area contributed by atoms with E-state index in [-0.39, 0.29) is 0 Å². The lowest BCUT2D eigenvalue weighted by atomic mass is 10.1. The second kappa shape index (κ2) is 5.32. The van der Waals surface area contributed by atoms with Gasteiger partial charge >= 0.3 is 0 Å². The molecule has 1 aliphatic rings. The molecule has 0 amide bonds. The van der Waals surface area contributed by atoms with Gasteiger partial charge in [-0.15, -0.1) is 11.8 Å². The third kappa shape index (κ3) is 2.96. The predicted molar refractivity (Wildman–Crippen MR) is 68.8 cm³/mol. The first-order valence-electron chi connectivity index (χ1n) is 3.99. The lowest BCUT2D eigenvalue weighted by Crippen LogP contribution is -2.24. The van der Waals surface area contributed by atoms with Gasteiger partial charge in [-0.3, -0.25) is 0 Å². The molecule has 70 valence electrons. The van der Waals surface area contributed by atoms with Crippen LogP contribution in [0.15, 0.2) is 9.89 Å². The summed E-state index contributed by atoms with van der Waals surface area (Å²) < 4.78 is 1.27. The lowest BCUT2D eigenvalue weighted by molar-refractivity contribution is 0.739. The molecular formula is C8H12Br2S2. The molecule has 0 N–H and O–H groups in total. The first-order valence-corrected chi connectivity index (χ1v) is 7.10. The highest BCUT2D eigenvalue weighted by molar-refractivity contribution is 9.14. The van der Waals surface area contributed by atoms with E-state index in [1.54, 1.807) is 0 Å². The molecule has 0 saturated heterocycles. The van der Waals surface area contributed by atoms with Crippen LogP contribution in [0.3, 0.4) is 0 Å². The number of thioether (sulfide) groups is 1. The fourth-order valence-corrected chi connectivity index (χ4v) is 4.13.